The quantitative estimate of drug-likeness (QED) is 0.885. The molecule has 1 unspecified atom stereocenters. The number of nitrogens with one attached hydrogen (secondary N) is 1. The molecule has 84 valence electrons. The van der Waals surface area contributed by atoms with E-state index in [1.807, 2.05) is 7.05 Å². The molecule has 0 aromatic heterocycles. The molecule has 3 heteroatoms. The number of nitrogens with zero attached hydrogens (tertiary/aromatic N) is 1. The van der Waals surface area contributed by atoms with Gasteiger partial charge >= 0.3 is 0 Å². The maximum atomic E-state index is 3.45. The summed E-state index contributed by atoms with van der Waals surface area (Å²) in [7, 11) is 4.14. The predicted octanol–water partition coefficient (Wildman–Crippen LogP) is 2.66. The van der Waals surface area contributed by atoms with Crippen LogP contribution in [0.25, 0.3) is 0 Å². The van der Waals surface area contributed by atoms with Gasteiger partial charge in [-0.3, -0.25) is 4.90 Å². The Morgan fingerprint density at radius 1 is 1.33 bits per heavy atom. The van der Waals surface area contributed by atoms with Crippen molar-refractivity contribution in [3.05, 3.63) is 34.3 Å². The highest BCUT2D eigenvalue weighted by Gasteiger charge is 2.10. The molecule has 2 nitrogen and oxygen atoms in total. The second kappa shape index (κ2) is 6.26. The number of benzene rings is 1. The largest absolute Gasteiger partial charge is 0.318 e. The van der Waals surface area contributed by atoms with Crippen LogP contribution in [0.4, 0.5) is 0 Å². The van der Waals surface area contributed by atoms with Crippen molar-refractivity contribution in [1.29, 1.82) is 0 Å². The van der Waals surface area contributed by atoms with Gasteiger partial charge in [0, 0.05) is 23.6 Å². The Kier molecular flexibility index (Phi) is 5.29. The van der Waals surface area contributed by atoms with E-state index in [1.54, 1.807) is 0 Å². The minimum Gasteiger partial charge on any atom is -0.318 e. The van der Waals surface area contributed by atoms with E-state index in [-0.39, 0.29) is 0 Å². The summed E-state index contributed by atoms with van der Waals surface area (Å²) in [6.07, 6.45) is 0. The highest BCUT2D eigenvalue weighted by Crippen LogP contribution is 2.20. The first kappa shape index (κ1) is 12.7. The molecule has 0 aliphatic rings. The third kappa shape index (κ3) is 3.93. The lowest BCUT2D eigenvalue weighted by Crippen LogP contribution is -2.29. The van der Waals surface area contributed by atoms with E-state index in [4.69, 9.17) is 0 Å². The van der Waals surface area contributed by atoms with E-state index >= 15 is 0 Å². The molecule has 1 aromatic carbocycles. The van der Waals surface area contributed by atoms with E-state index in [2.05, 4.69) is 64.4 Å². The van der Waals surface area contributed by atoms with Crippen LogP contribution in [-0.4, -0.2) is 32.1 Å². The molecule has 1 rings (SSSR count). The Morgan fingerprint density at radius 2 is 1.93 bits per heavy atom. The van der Waals surface area contributed by atoms with Gasteiger partial charge < -0.3 is 5.32 Å². The van der Waals surface area contributed by atoms with Gasteiger partial charge in [-0.15, -0.1) is 0 Å². The van der Waals surface area contributed by atoms with Gasteiger partial charge in [-0.25, -0.2) is 0 Å². The van der Waals surface area contributed by atoms with Crippen LogP contribution in [0.5, 0.6) is 0 Å². The van der Waals surface area contributed by atoms with Gasteiger partial charge in [-0.05, 0) is 38.7 Å². The molecule has 0 radical (unpaired) electrons. The van der Waals surface area contributed by atoms with Crippen molar-refractivity contribution < 1.29 is 0 Å². The van der Waals surface area contributed by atoms with Crippen LogP contribution >= 0.6 is 15.9 Å². The molecule has 0 aliphatic heterocycles. The second-order valence-corrected chi connectivity index (χ2v) is 4.73. The summed E-state index contributed by atoms with van der Waals surface area (Å²) < 4.78 is 1.14. The zero-order valence-corrected chi connectivity index (χ0v) is 11.2. The van der Waals surface area contributed by atoms with Crippen LogP contribution in [0.15, 0.2) is 28.7 Å². The van der Waals surface area contributed by atoms with Crippen molar-refractivity contribution >= 4 is 15.9 Å². The fourth-order valence-electron chi connectivity index (χ4n) is 1.48. The number of likely N-dealkylation sites (N-methyl/N-ethyl adjacent to an activating group) is 2. The summed E-state index contributed by atoms with van der Waals surface area (Å²) in [6, 6.07) is 9.00. The van der Waals surface area contributed by atoms with Gasteiger partial charge in [0.25, 0.3) is 0 Å². The monoisotopic (exact) mass is 270 g/mol. The Hall–Kier alpha value is -0.380. The Morgan fingerprint density at radius 3 is 2.47 bits per heavy atom. The van der Waals surface area contributed by atoms with Crippen molar-refractivity contribution in [1.82, 2.24) is 10.2 Å². The van der Waals surface area contributed by atoms with Crippen LogP contribution in [0, 0.1) is 0 Å². The average molecular weight is 271 g/mol. The molecule has 1 atom stereocenters. The fourth-order valence-corrected chi connectivity index (χ4v) is 1.74. The van der Waals surface area contributed by atoms with Crippen molar-refractivity contribution in [3.63, 3.8) is 0 Å². The normalized spacial score (nSPS) is 13.1. The topological polar surface area (TPSA) is 15.3 Å². The van der Waals surface area contributed by atoms with E-state index < -0.39 is 0 Å². The van der Waals surface area contributed by atoms with E-state index in [0.29, 0.717) is 6.04 Å². The van der Waals surface area contributed by atoms with Gasteiger partial charge in [0.15, 0.2) is 0 Å². The lowest BCUT2D eigenvalue weighted by atomic mass is 10.1. The molecule has 1 N–H and O–H groups in total. The molecule has 15 heavy (non-hydrogen) atoms. The summed E-state index contributed by atoms with van der Waals surface area (Å²) in [5.41, 5.74) is 1.36. The summed E-state index contributed by atoms with van der Waals surface area (Å²) >= 11 is 3.45. The highest BCUT2D eigenvalue weighted by molar-refractivity contribution is 9.10. The third-order valence-electron chi connectivity index (χ3n) is 2.73. The SMILES string of the molecule is CNCCN(C)C(C)c1ccc(Br)cc1. The number of hydrogen-bond donors (Lipinski definition) is 1. The smallest absolute Gasteiger partial charge is 0.0317 e. The number of hydrogen-bond acceptors (Lipinski definition) is 2. The predicted molar refractivity (Wildman–Crippen MR) is 69.1 cm³/mol. The fraction of sp³-hybridized carbons (Fsp3) is 0.500. The van der Waals surface area contributed by atoms with Crippen LogP contribution in [-0.2, 0) is 0 Å². The van der Waals surface area contributed by atoms with Gasteiger partial charge in [0.1, 0.15) is 0 Å². The molecule has 0 saturated heterocycles. The van der Waals surface area contributed by atoms with Crippen molar-refractivity contribution in [3.8, 4) is 0 Å². The van der Waals surface area contributed by atoms with Crippen molar-refractivity contribution in [2.24, 2.45) is 0 Å². The number of halogens is 1. The maximum absolute atomic E-state index is 3.45. The lowest BCUT2D eigenvalue weighted by molar-refractivity contribution is 0.263. The Labute approximate surface area is 101 Å². The van der Waals surface area contributed by atoms with Crippen LogP contribution in [0.3, 0.4) is 0 Å². The van der Waals surface area contributed by atoms with Gasteiger partial charge in [-0.1, -0.05) is 28.1 Å². The van der Waals surface area contributed by atoms with Crippen LogP contribution in [0.1, 0.15) is 18.5 Å². The molecule has 0 heterocycles. The van der Waals surface area contributed by atoms with Crippen molar-refractivity contribution in [2.45, 2.75) is 13.0 Å². The lowest BCUT2D eigenvalue weighted by Gasteiger charge is -2.24. The molecular weight excluding hydrogens is 252 g/mol. The van der Waals surface area contributed by atoms with E-state index in [1.165, 1.54) is 5.56 Å². The summed E-state index contributed by atoms with van der Waals surface area (Å²) in [5, 5.41) is 3.16. The van der Waals surface area contributed by atoms with Crippen LogP contribution in [0.2, 0.25) is 0 Å². The zero-order chi connectivity index (χ0) is 11.3. The third-order valence-corrected chi connectivity index (χ3v) is 3.26. The maximum Gasteiger partial charge on any atom is 0.0317 e. The Bertz CT molecular complexity index is 284. The second-order valence-electron chi connectivity index (χ2n) is 3.81. The van der Waals surface area contributed by atoms with Gasteiger partial charge in [0.2, 0.25) is 0 Å². The molecule has 0 bridgehead atoms. The van der Waals surface area contributed by atoms with Gasteiger partial charge in [0.05, 0.1) is 0 Å². The van der Waals surface area contributed by atoms with Gasteiger partial charge in [-0.2, -0.15) is 0 Å². The molecule has 0 saturated carbocycles. The summed E-state index contributed by atoms with van der Waals surface area (Å²) in [5.74, 6) is 0. The highest BCUT2D eigenvalue weighted by atomic mass is 79.9. The van der Waals surface area contributed by atoms with Crippen LogP contribution < -0.4 is 5.32 Å². The first-order valence-corrected chi connectivity index (χ1v) is 6.04. The summed E-state index contributed by atoms with van der Waals surface area (Å²) in [6.45, 7) is 4.32. The molecule has 0 amide bonds. The van der Waals surface area contributed by atoms with E-state index in [0.717, 1.165) is 17.6 Å². The average Bonchev–Trinajstić information content (AvgIpc) is 2.26. The molecule has 0 aliphatic carbocycles. The number of rotatable bonds is 5. The summed E-state index contributed by atoms with van der Waals surface area (Å²) in [4.78, 5) is 2.35. The Balaban J connectivity index is 2.59. The van der Waals surface area contributed by atoms with E-state index in [9.17, 15) is 0 Å². The zero-order valence-electron chi connectivity index (χ0n) is 9.63. The minimum absolute atomic E-state index is 0.464. The molecular formula is C12H19BrN2. The first-order chi connectivity index (χ1) is 7.15. The van der Waals surface area contributed by atoms with Crippen molar-refractivity contribution in [2.75, 3.05) is 27.2 Å². The minimum atomic E-state index is 0.464. The molecule has 1 aromatic rings. The molecule has 0 spiro atoms. The molecule has 0 fully saturated rings. The first-order valence-electron chi connectivity index (χ1n) is 5.25. The standard InChI is InChI=1S/C12H19BrN2/c1-10(15(3)9-8-14-2)11-4-6-12(13)7-5-11/h4-7,10,14H,8-9H2,1-3H3.